The van der Waals surface area contributed by atoms with Crippen molar-refractivity contribution in [3.8, 4) is 0 Å². The number of halogens is 1. The van der Waals surface area contributed by atoms with Gasteiger partial charge in [-0.15, -0.1) is 0 Å². The molecule has 1 saturated heterocycles. The van der Waals surface area contributed by atoms with E-state index in [2.05, 4.69) is 10.1 Å². The van der Waals surface area contributed by atoms with Crippen molar-refractivity contribution in [3.05, 3.63) is 28.8 Å². The molecule has 8 nitrogen and oxygen atoms in total. The van der Waals surface area contributed by atoms with Crippen molar-refractivity contribution >= 4 is 5.82 Å². The van der Waals surface area contributed by atoms with E-state index in [4.69, 9.17) is 10.5 Å². The fraction of sp³-hybridized carbons (Fsp3) is 0.615. The summed E-state index contributed by atoms with van der Waals surface area (Å²) in [4.78, 5) is 15.2. The Labute approximate surface area is 126 Å². The Morgan fingerprint density at radius 2 is 2.32 bits per heavy atom. The van der Waals surface area contributed by atoms with Crippen LogP contribution >= 0.6 is 0 Å². The lowest BCUT2D eigenvalue weighted by Crippen LogP contribution is -2.43. The molecule has 1 aromatic rings. The molecule has 1 fully saturated rings. The second-order valence-electron chi connectivity index (χ2n) is 5.52. The monoisotopic (exact) mass is 314 g/mol. The van der Waals surface area contributed by atoms with Crippen molar-refractivity contribution in [2.75, 3.05) is 12.3 Å². The number of aromatic nitrogens is 3. The van der Waals surface area contributed by atoms with E-state index in [0.717, 1.165) is 6.20 Å². The number of hydrogen-bond donors (Lipinski definition) is 3. The Balaban J connectivity index is 2.38. The molecule has 0 radical (unpaired) electrons. The standard InChI is InChI=1S/C13H19FN4O4/c1-7(2)3-4-13(6-19)10(20)9(14)11(22-13)18-12(21)17-8(15)5-16-18/h3-5,7,9-11,19-20H,6H2,1-2H3,(H2,15,17,21)/b4-3+/t9-,10+,11-,13-/m1/s1. The summed E-state index contributed by atoms with van der Waals surface area (Å²) < 4.78 is 20.5. The number of anilines is 1. The van der Waals surface area contributed by atoms with Crippen LogP contribution in [0.3, 0.4) is 0 Å². The zero-order chi connectivity index (χ0) is 16.5. The van der Waals surface area contributed by atoms with Gasteiger partial charge in [-0.25, -0.2) is 9.18 Å². The van der Waals surface area contributed by atoms with Crippen molar-refractivity contribution < 1.29 is 19.3 Å². The fourth-order valence-electron chi connectivity index (χ4n) is 2.18. The number of aliphatic hydroxyl groups is 2. The predicted octanol–water partition coefficient (Wildman–Crippen LogP) is -0.608. The second kappa shape index (κ2) is 6.11. The number of nitrogen functional groups attached to an aromatic ring is 1. The van der Waals surface area contributed by atoms with Gasteiger partial charge in [-0.1, -0.05) is 26.0 Å². The van der Waals surface area contributed by atoms with Crippen LogP contribution in [0.1, 0.15) is 20.1 Å². The SMILES string of the molecule is CC(C)/C=C/[C@]1(CO)O[C@@H](n2ncc(N)nc2=O)[C@H](F)[C@@H]1O. The Hall–Kier alpha value is -1.84. The van der Waals surface area contributed by atoms with Crippen LogP contribution in [0.4, 0.5) is 10.2 Å². The Morgan fingerprint density at radius 3 is 2.86 bits per heavy atom. The smallest absolute Gasteiger partial charge is 0.368 e. The first-order chi connectivity index (χ1) is 10.3. The molecule has 1 aromatic heterocycles. The summed E-state index contributed by atoms with van der Waals surface area (Å²) in [6.07, 6.45) is -0.952. The largest absolute Gasteiger partial charge is 0.393 e. The minimum Gasteiger partial charge on any atom is -0.393 e. The lowest BCUT2D eigenvalue weighted by Gasteiger charge is -2.26. The molecule has 2 heterocycles. The summed E-state index contributed by atoms with van der Waals surface area (Å²) >= 11 is 0. The molecule has 4 atom stereocenters. The third-order valence-electron chi connectivity index (χ3n) is 3.40. The van der Waals surface area contributed by atoms with Crippen LogP contribution in [0.5, 0.6) is 0 Å². The molecule has 0 aromatic carbocycles. The van der Waals surface area contributed by atoms with Gasteiger partial charge in [0, 0.05) is 0 Å². The van der Waals surface area contributed by atoms with Crippen LogP contribution in [-0.2, 0) is 4.74 Å². The average molecular weight is 314 g/mol. The molecule has 0 aliphatic carbocycles. The number of alkyl halides is 1. The van der Waals surface area contributed by atoms with E-state index in [1.807, 2.05) is 13.8 Å². The first-order valence-electron chi connectivity index (χ1n) is 6.82. The lowest BCUT2D eigenvalue weighted by atomic mass is 9.95. The van der Waals surface area contributed by atoms with E-state index in [1.165, 1.54) is 6.08 Å². The molecule has 1 aliphatic heterocycles. The quantitative estimate of drug-likeness (QED) is 0.633. The van der Waals surface area contributed by atoms with Crippen molar-refractivity contribution in [2.24, 2.45) is 5.92 Å². The predicted molar refractivity (Wildman–Crippen MR) is 75.5 cm³/mol. The third kappa shape index (κ3) is 2.87. The highest BCUT2D eigenvalue weighted by Gasteiger charge is 2.55. The van der Waals surface area contributed by atoms with E-state index in [-0.39, 0.29) is 11.7 Å². The van der Waals surface area contributed by atoms with Crippen LogP contribution in [0.2, 0.25) is 0 Å². The molecule has 0 spiro atoms. The number of ether oxygens (including phenoxy) is 1. The van der Waals surface area contributed by atoms with Gasteiger partial charge < -0.3 is 20.7 Å². The van der Waals surface area contributed by atoms with Gasteiger partial charge >= 0.3 is 5.69 Å². The number of nitrogens with zero attached hydrogens (tertiary/aromatic N) is 3. The molecule has 9 heteroatoms. The van der Waals surface area contributed by atoms with E-state index < -0.39 is 36.4 Å². The van der Waals surface area contributed by atoms with Crippen molar-refractivity contribution in [2.45, 2.75) is 38.0 Å². The van der Waals surface area contributed by atoms with Gasteiger partial charge in [0.2, 0.25) is 0 Å². The second-order valence-corrected chi connectivity index (χ2v) is 5.52. The van der Waals surface area contributed by atoms with Gasteiger partial charge in [0.25, 0.3) is 0 Å². The molecule has 0 amide bonds. The molecule has 22 heavy (non-hydrogen) atoms. The maximum Gasteiger partial charge on any atom is 0.368 e. The molecular formula is C13H19FN4O4. The number of allylic oxidation sites excluding steroid dienone is 1. The zero-order valence-corrected chi connectivity index (χ0v) is 12.3. The first-order valence-corrected chi connectivity index (χ1v) is 6.82. The van der Waals surface area contributed by atoms with Crippen molar-refractivity contribution in [1.82, 2.24) is 14.8 Å². The van der Waals surface area contributed by atoms with E-state index in [9.17, 15) is 19.4 Å². The number of hydrogen-bond acceptors (Lipinski definition) is 7. The van der Waals surface area contributed by atoms with Crippen LogP contribution in [-0.4, -0.2) is 49.5 Å². The molecule has 122 valence electrons. The molecule has 0 unspecified atom stereocenters. The third-order valence-corrected chi connectivity index (χ3v) is 3.40. The van der Waals surface area contributed by atoms with Crippen LogP contribution in [0.15, 0.2) is 23.1 Å². The maximum absolute atomic E-state index is 14.4. The van der Waals surface area contributed by atoms with Crippen molar-refractivity contribution in [3.63, 3.8) is 0 Å². The maximum atomic E-state index is 14.4. The molecule has 0 bridgehead atoms. The first kappa shape index (κ1) is 16.5. The Kier molecular flexibility index (Phi) is 4.59. The highest BCUT2D eigenvalue weighted by atomic mass is 19.1. The topological polar surface area (TPSA) is 123 Å². The van der Waals surface area contributed by atoms with Gasteiger partial charge in [-0.2, -0.15) is 14.8 Å². The van der Waals surface area contributed by atoms with E-state index in [0.29, 0.717) is 4.68 Å². The molecular weight excluding hydrogens is 295 g/mol. The number of nitrogens with two attached hydrogens (primary N) is 1. The summed E-state index contributed by atoms with van der Waals surface area (Å²) in [7, 11) is 0. The van der Waals surface area contributed by atoms with Crippen LogP contribution < -0.4 is 11.4 Å². The summed E-state index contributed by atoms with van der Waals surface area (Å²) in [5.74, 6) is -0.00120. The fourth-order valence-corrected chi connectivity index (χ4v) is 2.18. The Bertz CT molecular complexity index is 620. The van der Waals surface area contributed by atoms with Crippen LogP contribution in [0.25, 0.3) is 0 Å². The minimum atomic E-state index is -1.96. The summed E-state index contributed by atoms with van der Waals surface area (Å²) in [5.41, 5.74) is 2.78. The van der Waals surface area contributed by atoms with Gasteiger partial charge in [0.15, 0.2) is 12.4 Å². The number of rotatable bonds is 4. The van der Waals surface area contributed by atoms with Crippen molar-refractivity contribution in [1.29, 1.82) is 0 Å². The number of aliphatic hydroxyl groups excluding tert-OH is 2. The lowest BCUT2D eigenvalue weighted by molar-refractivity contribution is -0.102. The van der Waals surface area contributed by atoms with E-state index >= 15 is 0 Å². The molecule has 2 rings (SSSR count). The average Bonchev–Trinajstić information content (AvgIpc) is 2.71. The summed E-state index contributed by atoms with van der Waals surface area (Å²) in [5, 5.41) is 23.3. The molecule has 1 aliphatic rings. The van der Waals surface area contributed by atoms with Gasteiger partial charge in [0.1, 0.15) is 17.5 Å². The van der Waals surface area contributed by atoms with Crippen LogP contribution in [0, 0.1) is 5.92 Å². The van der Waals surface area contributed by atoms with Gasteiger partial charge in [-0.05, 0) is 5.92 Å². The minimum absolute atomic E-state index is 0.107. The molecule has 4 N–H and O–H groups in total. The summed E-state index contributed by atoms with van der Waals surface area (Å²) in [6, 6.07) is 0. The zero-order valence-electron chi connectivity index (χ0n) is 12.3. The van der Waals surface area contributed by atoms with E-state index in [1.54, 1.807) is 6.08 Å². The van der Waals surface area contributed by atoms with Gasteiger partial charge in [0.05, 0.1) is 12.8 Å². The normalized spacial score (nSPS) is 32.2. The van der Waals surface area contributed by atoms with Gasteiger partial charge in [-0.3, -0.25) is 0 Å². The summed E-state index contributed by atoms with van der Waals surface area (Å²) in [6.45, 7) is 3.11. The highest BCUT2D eigenvalue weighted by Crippen LogP contribution is 2.39. The Morgan fingerprint density at radius 1 is 1.64 bits per heavy atom. The molecule has 0 saturated carbocycles. The highest BCUT2D eigenvalue weighted by molar-refractivity contribution is 5.20.